The van der Waals surface area contributed by atoms with Gasteiger partial charge < -0.3 is 4.90 Å². The molecule has 0 aromatic heterocycles. The Balaban J connectivity index is 2.36. The smallest absolute Gasteiger partial charge is 0.0980 e. The molecule has 0 atom stereocenters. The average Bonchev–Trinajstić information content (AvgIpc) is 2.56. The van der Waals surface area contributed by atoms with Crippen molar-refractivity contribution >= 4 is 17.0 Å². The molecule has 3 rings (SSSR count). The van der Waals surface area contributed by atoms with Crippen molar-refractivity contribution in [2.24, 2.45) is 10.2 Å². The Morgan fingerprint density at radius 3 is 2.30 bits per heavy atom. The van der Waals surface area contributed by atoms with Gasteiger partial charge >= 0.3 is 0 Å². The van der Waals surface area contributed by atoms with E-state index in [1.807, 2.05) is 0 Å². The van der Waals surface area contributed by atoms with E-state index in [-0.39, 0.29) is 0 Å². The standard InChI is InChI=1S/C20H23N3/c1-14(2)23-13-16-9-5-6-10-17(16)15(3)20(22-21-4)18-11-7-8-12-19(18)23/h5-12,14H,13H2,1-4H3/b20-15+,22-21?. The fourth-order valence-corrected chi connectivity index (χ4v) is 3.24. The third-order valence-corrected chi connectivity index (χ3v) is 4.41. The molecule has 2 aromatic carbocycles. The number of anilines is 1. The molecule has 0 unspecified atom stereocenters. The second-order valence-corrected chi connectivity index (χ2v) is 6.17. The molecule has 2 aromatic rings. The first-order chi connectivity index (χ1) is 11.1. The maximum Gasteiger partial charge on any atom is 0.0980 e. The highest BCUT2D eigenvalue weighted by Gasteiger charge is 2.23. The first-order valence-corrected chi connectivity index (χ1v) is 8.08. The van der Waals surface area contributed by atoms with E-state index in [2.05, 4.69) is 84.4 Å². The quantitative estimate of drug-likeness (QED) is 0.684. The molecule has 0 aliphatic carbocycles. The van der Waals surface area contributed by atoms with Crippen molar-refractivity contribution in [3.8, 4) is 0 Å². The van der Waals surface area contributed by atoms with Crippen molar-refractivity contribution in [2.45, 2.75) is 33.4 Å². The summed E-state index contributed by atoms with van der Waals surface area (Å²) in [5.74, 6) is 0. The van der Waals surface area contributed by atoms with E-state index < -0.39 is 0 Å². The highest BCUT2D eigenvalue weighted by molar-refractivity contribution is 5.94. The number of allylic oxidation sites excluding steroid dienone is 1. The maximum absolute atomic E-state index is 4.48. The van der Waals surface area contributed by atoms with Crippen LogP contribution in [-0.4, -0.2) is 13.1 Å². The highest BCUT2D eigenvalue weighted by Crippen LogP contribution is 2.38. The molecule has 3 heteroatoms. The molecule has 1 aliphatic rings. The zero-order valence-corrected chi connectivity index (χ0v) is 14.2. The Morgan fingerprint density at radius 1 is 0.957 bits per heavy atom. The molecule has 0 fully saturated rings. The SMILES string of the molecule is CN=N/C1=C(\C)c2ccccc2CN(C(C)C)c2ccccc21. The summed E-state index contributed by atoms with van der Waals surface area (Å²) in [4.78, 5) is 2.44. The Bertz CT molecular complexity index is 772. The van der Waals surface area contributed by atoms with Gasteiger partial charge in [-0.3, -0.25) is 0 Å². The maximum atomic E-state index is 4.48. The van der Waals surface area contributed by atoms with Gasteiger partial charge in [0, 0.05) is 30.9 Å². The highest BCUT2D eigenvalue weighted by atomic mass is 15.2. The summed E-state index contributed by atoms with van der Waals surface area (Å²) in [6.07, 6.45) is 0. The van der Waals surface area contributed by atoms with Crippen molar-refractivity contribution < 1.29 is 0 Å². The van der Waals surface area contributed by atoms with Crippen LogP contribution in [0.3, 0.4) is 0 Å². The lowest BCUT2D eigenvalue weighted by Gasteiger charge is -2.33. The van der Waals surface area contributed by atoms with Gasteiger partial charge in [0.25, 0.3) is 0 Å². The number of rotatable bonds is 2. The number of azo groups is 1. The second kappa shape index (κ2) is 6.37. The molecule has 0 bridgehead atoms. The number of fused-ring (bicyclic) bond motifs is 2. The summed E-state index contributed by atoms with van der Waals surface area (Å²) in [7, 11) is 1.73. The summed E-state index contributed by atoms with van der Waals surface area (Å²) >= 11 is 0. The van der Waals surface area contributed by atoms with Crippen molar-refractivity contribution in [1.82, 2.24) is 0 Å². The molecule has 0 saturated carbocycles. The Labute approximate surface area is 138 Å². The van der Waals surface area contributed by atoms with E-state index in [4.69, 9.17) is 0 Å². The molecule has 1 aliphatic heterocycles. The third-order valence-electron chi connectivity index (χ3n) is 4.41. The lowest BCUT2D eigenvalue weighted by Crippen LogP contribution is -2.32. The first kappa shape index (κ1) is 15.5. The first-order valence-electron chi connectivity index (χ1n) is 8.08. The van der Waals surface area contributed by atoms with Crippen LogP contribution >= 0.6 is 0 Å². The zero-order valence-electron chi connectivity index (χ0n) is 14.2. The fraction of sp³-hybridized carbons (Fsp3) is 0.300. The van der Waals surface area contributed by atoms with Crippen molar-refractivity contribution in [2.75, 3.05) is 11.9 Å². The summed E-state index contributed by atoms with van der Waals surface area (Å²) in [5.41, 5.74) is 7.10. The van der Waals surface area contributed by atoms with Crippen molar-refractivity contribution in [3.63, 3.8) is 0 Å². The van der Waals surface area contributed by atoms with Crippen LogP contribution in [0.1, 0.15) is 37.5 Å². The molecule has 1 heterocycles. The molecule has 0 N–H and O–H groups in total. The zero-order chi connectivity index (χ0) is 16.4. The predicted molar refractivity (Wildman–Crippen MR) is 97.5 cm³/mol. The second-order valence-electron chi connectivity index (χ2n) is 6.17. The van der Waals surface area contributed by atoms with Gasteiger partial charge in [-0.25, -0.2) is 0 Å². The summed E-state index contributed by atoms with van der Waals surface area (Å²) in [6.45, 7) is 7.51. The average molecular weight is 305 g/mol. The summed E-state index contributed by atoms with van der Waals surface area (Å²) < 4.78 is 0. The van der Waals surface area contributed by atoms with Gasteiger partial charge in [-0.05, 0) is 43.5 Å². The molecule has 0 spiro atoms. The number of benzene rings is 2. The Morgan fingerprint density at radius 2 is 1.61 bits per heavy atom. The van der Waals surface area contributed by atoms with E-state index in [1.54, 1.807) is 7.05 Å². The fourth-order valence-electron chi connectivity index (χ4n) is 3.24. The van der Waals surface area contributed by atoms with Gasteiger partial charge in [0.05, 0.1) is 5.70 Å². The van der Waals surface area contributed by atoms with E-state index in [0.29, 0.717) is 6.04 Å². The minimum absolute atomic E-state index is 0.405. The van der Waals surface area contributed by atoms with Crippen LogP contribution < -0.4 is 4.90 Å². The molecule has 3 nitrogen and oxygen atoms in total. The van der Waals surface area contributed by atoms with Crippen molar-refractivity contribution in [1.29, 1.82) is 0 Å². The normalized spacial score (nSPS) is 17.9. The predicted octanol–water partition coefficient (Wildman–Crippen LogP) is 5.39. The van der Waals surface area contributed by atoms with Crippen LogP contribution in [0.25, 0.3) is 11.3 Å². The minimum Gasteiger partial charge on any atom is -0.364 e. The van der Waals surface area contributed by atoms with Crippen LogP contribution in [-0.2, 0) is 6.54 Å². The van der Waals surface area contributed by atoms with Crippen LogP contribution in [0.5, 0.6) is 0 Å². The van der Waals surface area contributed by atoms with Gasteiger partial charge in [-0.2, -0.15) is 10.2 Å². The van der Waals surface area contributed by atoms with Gasteiger partial charge in [-0.1, -0.05) is 42.5 Å². The van der Waals surface area contributed by atoms with E-state index >= 15 is 0 Å². The van der Waals surface area contributed by atoms with E-state index in [9.17, 15) is 0 Å². The number of hydrogen-bond acceptors (Lipinski definition) is 3. The molecular formula is C20H23N3. The molecule has 23 heavy (non-hydrogen) atoms. The summed E-state index contributed by atoms with van der Waals surface area (Å²) in [6, 6.07) is 17.5. The van der Waals surface area contributed by atoms with Gasteiger partial charge in [0.15, 0.2) is 0 Å². The number of nitrogens with zero attached hydrogens (tertiary/aromatic N) is 3. The molecule has 0 saturated heterocycles. The lowest BCUT2D eigenvalue weighted by atomic mass is 9.93. The van der Waals surface area contributed by atoms with Crippen LogP contribution in [0.2, 0.25) is 0 Å². The third kappa shape index (κ3) is 2.79. The minimum atomic E-state index is 0.405. The van der Waals surface area contributed by atoms with E-state index in [0.717, 1.165) is 17.8 Å². The number of para-hydroxylation sites is 1. The molecular weight excluding hydrogens is 282 g/mol. The molecule has 0 amide bonds. The van der Waals surface area contributed by atoms with E-state index in [1.165, 1.54) is 22.4 Å². The van der Waals surface area contributed by atoms with Crippen LogP contribution in [0, 0.1) is 0 Å². The van der Waals surface area contributed by atoms with Gasteiger partial charge in [0.1, 0.15) is 0 Å². The number of hydrogen-bond donors (Lipinski definition) is 0. The summed E-state index contributed by atoms with van der Waals surface area (Å²) in [5, 5.41) is 8.55. The van der Waals surface area contributed by atoms with Crippen molar-refractivity contribution in [3.05, 3.63) is 65.2 Å². The lowest BCUT2D eigenvalue weighted by molar-refractivity contribution is 0.680. The monoisotopic (exact) mass is 305 g/mol. The van der Waals surface area contributed by atoms with Gasteiger partial charge in [-0.15, -0.1) is 0 Å². The molecule has 118 valence electrons. The van der Waals surface area contributed by atoms with Gasteiger partial charge in [0.2, 0.25) is 0 Å². The largest absolute Gasteiger partial charge is 0.364 e. The Hall–Kier alpha value is -2.42. The molecule has 0 radical (unpaired) electrons. The Kier molecular flexibility index (Phi) is 4.28. The topological polar surface area (TPSA) is 28.0 Å². The van der Waals surface area contributed by atoms with Crippen LogP contribution in [0.15, 0.2) is 58.8 Å². The van der Waals surface area contributed by atoms with Crippen LogP contribution in [0.4, 0.5) is 5.69 Å².